The van der Waals surface area contributed by atoms with Gasteiger partial charge in [0.05, 0.1) is 6.26 Å². The lowest BCUT2D eigenvalue weighted by atomic mass is 10.1. The first kappa shape index (κ1) is 13.1. The molecule has 0 aliphatic carbocycles. The van der Waals surface area contributed by atoms with Crippen molar-refractivity contribution < 1.29 is 8.42 Å². The Bertz CT molecular complexity index is 484. The van der Waals surface area contributed by atoms with Gasteiger partial charge in [-0.3, -0.25) is 0 Å². The van der Waals surface area contributed by atoms with Crippen LogP contribution in [0.3, 0.4) is 0 Å². The molecule has 1 aromatic carbocycles. The molecule has 17 heavy (non-hydrogen) atoms. The van der Waals surface area contributed by atoms with Gasteiger partial charge in [-0.1, -0.05) is 28.1 Å². The normalized spacial score (nSPS) is 21.9. The van der Waals surface area contributed by atoms with Crippen molar-refractivity contribution in [2.75, 3.05) is 12.8 Å². The number of hydrogen-bond donors (Lipinski definition) is 0. The second kappa shape index (κ2) is 5.08. The van der Waals surface area contributed by atoms with Crippen LogP contribution in [0, 0.1) is 0 Å². The summed E-state index contributed by atoms with van der Waals surface area (Å²) < 4.78 is 25.9. The maximum absolute atomic E-state index is 11.6. The average Bonchev–Trinajstić information content (AvgIpc) is 2.69. The van der Waals surface area contributed by atoms with Gasteiger partial charge in [-0.25, -0.2) is 8.42 Å². The number of nitrogens with zero attached hydrogens (tertiary/aromatic N) is 1. The third-order valence-corrected chi connectivity index (χ3v) is 5.00. The van der Waals surface area contributed by atoms with Crippen LogP contribution in [0.4, 0.5) is 0 Å². The Balaban J connectivity index is 2.11. The molecule has 0 saturated carbocycles. The predicted octanol–water partition coefficient (Wildman–Crippen LogP) is 2.42. The van der Waals surface area contributed by atoms with E-state index in [1.54, 1.807) is 4.31 Å². The maximum Gasteiger partial charge on any atom is 0.211 e. The molecule has 1 aliphatic rings. The predicted molar refractivity (Wildman–Crippen MR) is 72.4 cm³/mol. The SMILES string of the molecule is CS(=O)(=O)N1CCC[C@@H]1Cc1ccc(Br)cc1. The molecular formula is C12H16BrNO2S. The van der Waals surface area contributed by atoms with Gasteiger partial charge in [0.1, 0.15) is 0 Å². The van der Waals surface area contributed by atoms with E-state index in [0.717, 1.165) is 23.7 Å². The molecule has 0 radical (unpaired) electrons. The largest absolute Gasteiger partial charge is 0.212 e. The summed E-state index contributed by atoms with van der Waals surface area (Å²) in [4.78, 5) is 0. The molecule has 0 N–H and O–H groups in total. The minimum atomic E-state index is -3.06. The van der Waals surface area contributed by atoms with Gasteiger partial charge in [0.2, 0.25) is 10.0 Å². The van der Waals surface area contributed by atoms with Crippen LogP contribution in [0.2, 0.25) is 0 Å². The minimum Gasteiger partial charge on any atom is -0.212 e. The lowest BCUT2D eigenvalue weighted by molar-refractivity contribution is 0.389. The van der Waals surface area contributed by atoms with Crippen molar-refractivity contribution in [1.82, 2.24) is 4.31 Å². The van der Waals surface area contributed by atoms with E-state index in [2.05, 4.69) is 15.9 Å². The second-order valence-electron chi connectivity index (χ2n) is 4.50. The molecule has 3 nitrogen and oxygen atoms in total. The minimum absolute atomic E-state index is 0.131. The van der Waals surface area contributed by atoms with Crippen LogP contribution in [0.25, 0.3) is 0 Å². The van der Waals surface area contributed by atoms with Gasteiger partial charge >= 0.3 is 0 Å². The zero-order chi connectivity index (χ0) is 12.5. The van der Waals surface area contributed by atoms with Crippen molar-refractivity contribution in [2.45, 2.75) is 25.3 Å². The fourth-order valence-corrected chi connectivity index (χ4v) is 3.79. The maximum atomic E-state index is 11.6. The summed E-state index contributed by atoms with van der Waals surface area (Å²) in [5.74, 6) is 0. The van der Waals surface area contributed by atoms with E-state index in [4.69, 9.17) is 0 Å². The Kier molecular flexibility index (Phi) is 3.90. The van der Waals surface area contributed by atoms with Crippen LogP contribution in [0.15, 0.2) is 28.7 Å². The molecular weight excluding hydrogens is 302 g/mol. The monoisotopic (exact) mass is 317 g/mol. The highest BCUT2D eigenvalue weighted by molar-refractivity contribution is 9.10. The molecule has 1 saturated heterocycles. The molecule has 5 heteroatoms. The molecule has 1 fully saturated rings. The number of hydrogen-bond acceptors (Lipinski definition) is 2. The van der Waals surface area contributed by atoms with Gasteiger partial charge in [0, 0.05) is 17.1 Å². The lowest BCUT2D eigenvalue weighted by Crippen LogP contribution is -2.35. The summed E-state index contributed by atoms with van der Waals surface area (Å²) in [5, 5.41) is 0. The molecule has 0 aromatic heterocycles. The molecule has 1 atom stereocenters. The van der Waals surface area contributed by atoms with E-state index in [1.165, 1.54) is 11.8 Å². The number of sulfonamides is 1. The van der Waals surface area contributed by atoms with Crippen LogP contribution in [0.1, 0.15) is 18.4 Å². The third-order valence-electron chi connectivity index (χ3n) is 3.13. The van der Waals surface area contributed by atoms with Crippen LogP contribution in [0.5, 0.6) is 0 Å². The van der Waals surface area contributed by atoms with E-state index in [-0.39, 0.29) is 6.04 Å². The van der Waals surface area contributed by atoms with E-state index in [0.29, 0.717) is 6.54 Å². The lowest BCUT2D eigenvalue weighted by Gasteiger charge is -2.22. The highest BCUT2D eigenvalue weighted by Crippen LogP contribution is 2.24. The van der Waals surface area contributed by atoms with Gasteiger partial charge in [-0.05, 0) is 37.0 Å². The van der Waals surface area contributed by atoms with Gasteiger partial charge in [0.25, 0.3) is 0 Å². The van der Waals surface area contributed by atoms with Crippen molar-refractivity contribution in [3.63, 3.8) is 0 Å². The Morgan fingerprint density at radius 1 is 1.35 bits per heavy atom. The van der Waals surface area contributed by atoms with Crippen molar-refractivity contribution in [1.29, 1.82) is 0 Å². The zero-order valence-corrected chi connectivity index (χ0v) is 12.2. The Hall–Kier alpha value is -0.390. The molecule has 1 heterocycles. The Labute approximate surface area is 111 Å². The Morgan fingerprint density at radius 3 is 2.59 bits per heavy atom. The van der Waals surface area contributed by atoms with Gasteiger partial charge in [-0.15, -0.1) is 0 Å². The highest BCUT2D eigenvalue weighted by Gasteiger charge is 2.31. The molecule has 2 rings (SSSR count). The second-order valence-corrected chi connectivity index (χ2v) is 7.35. The first-order chi connectivity index (χ1) is 7.97. The molecule has 1 aromatic rings. The molecule has 0 amide bonds. The molecule has 0 bridgehead atoms. The zero-order valence-electron chi connectivity index (χ0n) is 9.77. The van der Waals surface area contributed by atoms with Crippen molar-refractivity contribution in [2.24, 2.45) is 0 Å². The van der Waals surface area contributed by atoms with Crippen LogP contribution in [-0.2, 0) is 16.4 Å². The standard InChI is InChI=1S/C12H16BrNO2S/c1-17(15,16)14-8-2-3-12(14)9-10-4-6-11(13)7-5-10/h4-7,12H,2-3,8-9H2,1H3/t12-/m1/s1. The average molecular weight is 318 g/mol. The van der Waals surface area contributed by atoms with E-state index < -0.39 is 10.0 Å². The van der Waals surface area contributed by atoms with E-state index in [1.807, 2.05) is 24.3 Å². The number of rotatable bonds is 3. The summed E-state index contributed by atoms with van der Waals surface area (Å²) >= 11 is 3.40. The summed E-state index contributed by atoms with van der Waals surface area (Å²) in [6.45, 7) is 0.667. The van der Waals surface area contributed by atoms with Crippen molar-refractivity contribution in [3.8, 4) is 0 Å². The summed E-state index contributed by atoms with van der Waals surface area (Å²) in [7, 11) is -3.06. The summed E-state index contributed by atoms with van der Waals surface area (Å²) in [6, 6.07) is 8.21. The fourth-order valence-electron chi connectivity index (χ4n) is 2.34. The summed E-state index contributed by atoms with van der Waals surface area (Å²) in [6.07, 6.45) is 4.03. The van der Waals surface area contributed by atoms with Gasteiger partial charge < -0.3 is 0 Å². The van der Waals surface area contributed by atoms with Crippen molar-refractivity contribution in [3.05, 3.63) is 34.3 Å². The summed E-state index contributed by atoms with van der Waals surface area (Å²) in [5.41, 5.74) is 1.19. The smallest absolute Gasteiger partial charge is 0.211 e. The van der Waals surface area contributed by atoms with Crippen molar-refractivity contribution >= 4 is 26.0 Å². The van der Waals surface area contributed by atoms with Crippen LogP contribution >= 0.6 is 15.9 Å². The molecule has 1 aliphatic heterocycles. The fraction of sp³-hybridized carbons (Fsp3) is 0.500. The molecule has 94 valence electrons. The molecule has 0 spiro atoms. The third kappa shape index (κ3) is 3.30. The van der Waals surface area contributed by atoms with Gasteiger partial charge in [0.15, 0.2) is 0 Å². The highest BCUT2D eigenvalue weighted by atomic mass is 79.9. The van der Waals surface area contributed by atoms with Crippen LogP contribution < -0.4 is 0 Å². The van der Waals surface area contributed by atoms with Gasteiger partial charge in [-0.2, -0.15) is 4.31 Å². The van der Waals surface area contributed by atoms with E-state index >= 15 is 0 Å². The quantitative estimate of drug-likeness (QED) is 0.858. The molecule has 0 unspecified atom stereocenters. The Morgan fingerprint density at radius 2 is 2.00 bits per heavy atom. The number of halogens is 1. The topological polar surface area (TPSA) is 37.4 Å². The first-order valence-electron chi connectivity index (χ1n) is 5.68. The first-order valence-corrected chi connectivity index (χ1v) is 8.32. The van der Waals surface area contributed by atoms with E-state index in [9.17, 15) is 8.42 Å². The number of benzene rings is 1. The van der Waals surface area contributed by atoms with Crippen LogP contribution in [-0.4, -0.2) is 31.6 Å².